The third-order valence-corrected chi connectivity index (χ3v) is 12.7. The van der Waals surface area contributed by atoms with Gasteiger partial charge in [-0.3, -0.25) is 14.5 Å². The normalized spacial score (nSPS) is 20.3. The van der Waals surface area contributed by atoms with Crippen LogP contribution in [0.4, 0.5) is 14.6 Å². The van der Waals surface area contributed by atoms with Crippen LogP contribution in [0.1, 0.15) is 65.2 Å². The summed E-state index contributed by atoms with van der Waals surface area (Å²) in [6, 6.07) is 19.3. The van der Waals surface area contributed by atoms with Gasteiger partial charge in [0, 0.05) is 94.8 Å². The van der Waals surface area contributed by atoms with E-state index in [1.807, 2.05) is 47.4 Å². The van der Waals surface area contributed by atoms with Crippen molar-refractivity contribution in [3.8, 4) is 11.1 Å². The van der Waals surface area contributed by atoms with Crippen LogP contribution in [0.3, 0.4) is 0 Å². The number of amides is 2. The van der Waals surface area contributed by atoms with Gasteiger partial charge in [0.15, 0.2) is 0 Å². The van der Waals surface area contributed by atoms with Crippen LogP contribution in [0.2, 0.25) is 5.02 Å². The molecule has 8 rings (SSSR count). The number of fused-ring (bicyclic) bond motifs is 1. The lowest BCUT2D eigenvalue weighted by Crippen LogP contribution is -2.53. The number of piperidine rings is 1. The fourth-order valence-corrected chi connectivity index (χ4v) is 9.21. The molecule has 3 saturated heterocycles. The molecule has 2 atom stereocenters. The number of aryl methyl sites for hydroxylation is 1. The zero-order valence-corrected chi connectivity index (χ0v) is 32.8. The van der Waals surface area contributed by atoms with Gasteiger partial charge in [-0.25, -0.2) is 18.7 Å². The summed E-state index contributed by atoms with van der Waals surface area (Å²) in [6.45, 7) is 11.1. The predicted octanol–water partition coefficient (Wildman–Crippen LogP) is 6.73. The fraction of sp³-hybridized carbons (Fsp3) is 0.455. The number of halogens is 3. The first-order valence-electron chi connectivity index (χ1n) is 20.1. The van der Waals surface area contributed by atoms with E-state index in [0.717, 1.165) is 82.9 Å². The standard InChI is InChI=1S/C44H50ClF2N7O2/c1-30-7-12-39-40(30)42(49-29-48-39)52-21-23-54(24-22-52)43(55)36(33-8-10-35(45)11-9-33)28-51-19-17-50(18-20-51)27-31-13-15-53(16-14-31)44(56)41-37(46)25-34(26-38(41)47)32-5-3-2-4-6-32/h2-6,8-11,25-26,29-31,36H,7,12-24,27-28H2,1H3. The molecule has 3 fully saturated rings. The maximum atomic E-state index is 15.1. The Bertz CT molecular complexity index is 1990. The van der Waals surface area contributed by atoms with Crippen molar-refractivity contribution in [1.29, 1.82) is 0 Å². The van der Waals surface area contributed by atoms with E-state index in [2.05, 4.69) is 26.6 Å². The van der Waals surface area contributed by atoms with Gasteiger partial charge < -0.3 is 19.6 Å². The minimum absolute atomic E-state index is 0.156. The van der Waals surface area contributed by atoms with E-state index in [0.29, 0.717) is 60.7 Å². The van der Waals surface area contributed by atoms with Crippen molar-refractivity contribution in [2.75, 3.05) is 83.4 Å². The van der Waals surface area contributed by atoms with Crippen molar-refractivity contribution in [3.63, 3.8) is 0 Å². The van der Waals surface area contributed by atoms with Gasteiger partial charge in [-0.15, -0.1) is 0 Å². The highest BCUT2D eigenvalue weighted by Crippen LogP contribution is 2.37. The van der Waals surface area contributed by atoms with Crippen molar-refractivity contribution in [1.82, 2.24) is 29.6 Å². The molecule has 3 aromatic carbocycles. The lowest BCUT2D eigenvalue weighted by Gasteiger charge is -2.41. The van der Waals surface area contributed by atoms with Crippen molar-refractivity contribution in [2.45, 2.75) is 44.4 Å². The Hall–Kier alpha value is -4.45. The van der Waals surface area contributed by atoms with Crippen LogP contribution in [0.25, 0.3) is 11.1 Å². The van der Waals surface area contributed by atoms with Crippen LogP contribution in [0.15, 0.2) is 73.1 Å². The Labute approximate surface area is 333 Å². The van der Waals surface area contributed by atoms with Crippen LogP contribution in [0, 0.1) is 17.6 Å². The molecule has 0 radical (unpaired) electrons. The third kappa shape index (κ3) is 8.31. The first-order valence-corrected chi connectivity index (χ1v) is 20.5. The Morgan fingerprint density at radius 1 is 0.768 bits per heavy atom. The summed E-state index contributed by atoms with van der Waals surface area (Å²) in [7, 11) is 0. The second-order valence-corrected chi connectivity index (χ2v) is 16.4. The van der Waals surface area contributed by atoms with Crippen molar-refractivity contribution in [2.24, 2.45) is 5.92 Å². The number of hydrogen-bond acceptors (Lipinski definition) is 7. The van der Waals surface area contributed by atoms with Gasteiger partial charge in [-0.2, -0.15) is 0 Å². The van der Waals surface area contributed by atoms with Gasteiger partial charge in [-0.1, -0.05) is 61.0 Å². The second-order valence-electron chi connectivity index (χ2n) is 15.9. The Morgan fingerprint density at radius 2 is 1.43 bits per heavy atom. The largest absolute Gasteiger partial charge is 0.353 e. The monoisotopic (exact) mass is 781 g/mol. The molecule has 56 heavy (non-hydrogen) atoms. The summed E-state index contributed by atoms with van der Waals surface area (Å²) in [6.07, 6.45) is 5.37. The lowest BCUT2D eigenvalue weighted by atomic mass is 9.94. The summed E-state index contributed by atoms with van der Waals surface area (Å²) >= 11 is 6.27. The number of hydrogen-bond donors (Lipinski definition) is 0. The SMILES string of the molecule is CC1CCc2ncnc(N3CCN(C(=O)C(CN4CCN(CC5CCN(C(=O)c6c(F)cc(-c7ccccc7)cc6F)CC5)CC4)c4ccc(Cl)cc4)CC3)c21. The minimum Gasteiger partial charge on any atom is -0.353 e. The number of nitrogens with zero attached hydrogens (tertiary/aromatic N) is 7. The molecule has 0 saturated carbocycles. The maximum Gasteiger partial charge on any atom is 0.259 e. The average molecular weight is 782 g/mol. The quantitative estimate of drug-likeness (QED) is 0.187. The molecule has 1 aliphatic carbocycles. The van der Waals surface area contributed by atoms with Crippen molar-refractivity contribution in [3.05, 3.63) is 112 Å². The van der Waals surface area contributed by atoms with E-state index in [1.54, 1.807) is 23.4 Å². The van der Waals surface area contributed by atoms with Gasteiger partial charge in [0.25, 0.3) is 5.91 Å². The summed E-state index contributed by atoms with van der Waals surface area (Å²) < 4.78 is 30.3. The number of anilines is 1. The molecule has 1 aromatic heterocycles. The number of carbonyl (C=O) groups is 2. The first-order chi connectivity index (χ1) is 27.2. The Kier molecular flexibility index (Phi) is 11.6. The zero-order chi connectivity index (χ0) is 38.8. The van der Waals surface area contributed by atoms with E-state index >= 15 is 8.78 Å². The van der Waals surface area contributed by atoms with Crippen LogP contribution in [-0.4, -0.2) is 120 Å². The van der Waals surface area contributed by atoms with Crippen LogP contribution in [-0.2, 0) is 11.2 Å². The predicted molar refractivity (Wildman–Crippen MR) is 215 cm³/mol. The highest BCUT2D eigenvalue weighted by molar-refractivity contribution is 6.30. The fourth-order valence-electron chi connectivity index (χ4n) is 9.08. The molecule has 4 aromatic rings. The van der Waals surface area contributed by atoms with Gasteiger partial charge in [0.05, 0.1) is 5.92 Å². The molecule has 12 heteroatoms. The summed E-state index contributed by atoms with van der Waals surface area (Å²) in [5, 5.41) is 0.654. The number of carbonyl (C=O) groups excluding carboxylic acids is 2. The topological polar surface area (TPSA) is 76.1 Å². The smallest absolute Gasteiger partial charge is 0.259 e. The highest BCUT2D eigenvalue weighted by Gasteiger charge is 2.34. The third-order valence-electron chi connectivity index (χ3n) is 12.4. The van der Waals surface area contributed by atoms with Gasteiger partial charge >= 0.3 is 0 Å². The molecule has 9 nitrogen and oxygen atoms in total. The number of benzene rings is 3. The average Bonchev–Trinajstić information content (AvgIpc) is 3.61. The molecule has 2 unspecified atom stereocenters. The molecule has 2 amide bonds. The summed E-state index contributed by atoms with van der Waals surface area (Å²) in [4.78, 5) is 47.6. The van der Waals surface area contributed by atoms with E-state index in [4.69, 9.17) is 16.6 Å². The lowest BCUT2D eigenvalue weighted by molar-refractivity contribution is -0.133. The molecule has 4 aliphatic rings. The van der Waals surface area contributed by atoms with E-state index in [-0.39, 0.29) is 11.8 Å². The zero-order valence-electron chi connectivity index (χ0n) is 32.1. The number of aromatic nitrogens is 2. The molecule has 4 heterocycles. The van der Waals surface area contributed by atoms with Crippen LogP contribution >= 0.6 is 11.6 Å². The van der Waals surface area contributed by atoms with Crippen LogP contribution < -0.4 is 4.90 Å². The summed E-state index contributed by atoms with van der Waals surface area (Å²) in [5.41, 5.74) is 4.06. The molecule has 0 spiro atoms. The molecule has 0 N–H and O–H groups in total. The maximum absolute atomic E-state index is 15.1. The van der Waals surface area contributed by atoms with Gasteiger partial charge in [-0.05, 0) is 78.5 Å². The minimum atomic E-state index is -0.827. The Balaban J connectivity index is 0.831. The van der Waals surface area contributed by atoms with E-state index < -0.39 is 23.1 Å². The second kappa shape index (κ2) is 17.0. The molecule has 294 valence electrons. The van der Waals surface area contributed by atoms with E-state index in [9.17, 15) is 9.59 Å². The molecular weight excluding hydrogens is 732 g/mol. The van der Waals surface area contributed by atoms with Gasteiger partial charge in [0.1, 0.15) is 29.3 Å². The van der Waals surface area contributed by atoms with Crippen molar-refractivity contribution >= 4 is 29.2 Å². The van der Waals surface area contributed by atoms with Crippen LogP contribution in [0.5, 0.6) is 0 Å². The van der Waals surface area contributed by atoms with E-state index in [1.165, 1.54) is 23.4 Å². The highest BCUT2D eigenvalue weighted by atomic mass is 35.5. The van der Waals surface area contributed by atoms with Crippen molar-refractivity contribution < 1.29 is 18.4 Å². The molecule has 3 aliphatic heterocycles. The molecule has 0 bridgehead atoms. The van der Waals surface area contributed by atoms with Gasteiger partial charge in [0.2, 0.25) is 5.91 Å². The number of likely N-dealkylation sites (tertiary alicyclic amines) is 1. The first kappa shape index (κ1) is 38.4. The number of rotatable bonds is 9. The molecular formula is C44H50ClF2N7O2. The summed E-state index contributed by atoms with van der Waals surface area (Å²) in [5.74, 6) is -0.484. The Morgan fingerprint density at radius 3 is 2.11 bits per heavy atom. The number of piperazine rings is 2.